The van der Waals surface area contributed by atoms with E-state index in [2.05, 4.69) is 26.1 Å². The normalized spacial score (nSPS) is 20.6. The predicted molar refractivity (Wildman–Crippen MR) is 98.5 cm³/mol. The van der Waals surface area contributed by atoms with E-state index in [0.29, 0.717) is 12.5 Å². The van der Waals surface area contributed by atoms with Gasteiger partial charge in [0.15, 0.2) is 0 Å². The predicted octanol–water partition coefficient (Wildman–Crippen LogP) is 4.12. The molecule has 0 aromatic carbocycles. The third-order valence-corrected chi connectivity index (χ3v) is 5.59. The molecule has 0 aliphatic heterocycles. The van der Waals surface area contributed by atoms with Crippen molar-refractivity contribution < 1.29 is 10.2 Å². The van der Waals surface area contributed by atoms with Gasteiger partial charge in [0.25, 0.3) is 0 Å². The smallest absolute Gasteiger partial charge is 0.0696 e. The van der Waals surface area contributed by atoms with Crippen LogP contribution in [-0.2, 0) is 0 Å². The number of aliphatic hydroxyl groups excluding tert-OH is 2. The molecule has 0 amide bonds. The van der Waals surface area contributed by atoms with E-state index in [4.69, 9.17) is 0 Å². The molecule has 0 bridgehead atoms. The Morgan fingerprint density at radius 2 is 1.78 bits per heavy atom. The van der Waals surface area contributed by atoms with Gasteiger partial charge in [0.2, 0.25) is 0 Å². The fraction of sp³-hybridized carbons (Fsp3) is 1.00. The van der Waals surface area contributed by atoms with Crippen molar-refractivity contribution in [1.29, 1.82) is 0 Å². The quantitative estimate of drug-likeness (QED) is 0.473. The minimum Gasteiger partial charge on any atom is -0.393 e. The van der Waals surface area contributed by atoms with Crippen LogP contribution in [-0.4, -0.2) is 35.5 Å². The molecule has 0 saturated heterocycles. The average Bonchev–Trinajstić information content (AvgIpc) is 2.55. The lowest BCUT2D eigenvalue weighted by molar-refractivity contribution is 0.0339. The van der Waals surface area contributed by atoms with E-state index in [1.807, 2.05) is 0 Å². The van der Waals surface area contributed by atoms with Gasteiger partial charge >= 0.3 is 0 Å². The van der Waals surface area contributed by atoms with Gasteiger partial charge in [-0.25, -0.2) is 0 Å². The Kier molecular flexibility index (Phi) is 11.2. The monoisotopic (exact) mass is 327 g/mol. The first-order valence-corrected chi connectivity index (χ1v) is 10.1. The van der Waals surface area contributed by atoms with E-state index >= 15 is 0 Å². The van der Waals surface area contributed by atoms with Crippen molar-refractivity contribution >= 4 is 0 Å². The fourth-order valence-corrected chi connectivity index (χ4v) is 3.91. The summed E-state index contributed by atoms with van der Waals surface area (Å²) in [6.07, 6.45) is 11.4. The number of nitrogens with one attached hydrogen (secondary N) is 1. The van der Waals surface area contributed by atoms with Gasteiger partial charge in [0, 0.05) is 6.54 Å². The van der Waals surface area contributed by atoms with Crippen molar-refractivity contribution in [1.82, 2.24) is 5.32 Å². The summed E-state index contributed by atoms with van der Waals surface area (Å²) in [6.45, 7) is 8.13. The van der Waals surface area contributed by atoms with E-state index in [1.165, 1.54) is 38.5 Å². The Morgan fingerprint density at radius 3 is 2.39 bits per heavy atom. The molecule has 0 aromatic heterocycles. The molecular weight excluding hydrogens is 286 g/mol. The van der Waals surface area contributed by atoms with Crippen molar-refractivity contribution in [2.45, 2.75) is 97.2 Å². The lowest BCUT2D eigenvalue weighted by Gasteiger charge is -2.29. The minimum atomic E-state index is -0.351. The first-order chi connectivity index (χ1) is 11.0. The summed E-state index contributed by atoms with van der Waals surface area (Å²) in [7, 11) is 0. The van der Waals surface area contributed by atoms with Crippen molar-refractivity contribution in [3.8, 4) is 0 Å². The molecule has 23 heavy (non-hydrogen) atoms. The second-order valence-electron chi connectivity index (χ2n) is 8.00. The highest BCUT2D eigenvalue weighted by Gasteiger charge is 2.25. The molecule has 3 atom stereocenters. The molecule has 1 aliphatic rings. The second-order valence-corrected chi connectivity index (χ2v) is 8.00. The molecule has 0 radical (unpaired) electrons. The Hall–Kier alpha value is -0.120. The van der Waals surface area contributed by atoms with Gasteiger partial charge in [0.1, 0.15) is 0 Å². The van der Waals surface area contributed by atoms with Crippen LogP contribution >= 0.6 is 0 Å². The summed E-state index contributed by atoms with van der Waals surface area (Å²) in [5.41, 5.74) is 0. The Morgan fingerprint density at radius 1 is 1.09 bits per heavy atom. The van der Waals surface area contributed by atoms with Gasteiger partial charge in [-0.2, -0.15) is 0 Å². The molecule has 0 aromatic rings. The first-order valence-electron chi connectivity index (χ1n) is 10.1. The van der Waals surface area contributed by atoms with E-state index in [9.17, 15) is 10.2 Å². The topological polar surface area (TPSA) is 52.5 Å². The van der Waals surface area contributed by atoms with Crippen molar-refractivity contribution in [3.63, 3.8) is 0 Å². The van der Waals surface area contributed by atoms with Crippen molar-refractivity contribution in [2.24, 2.45) is 17.8 Å². The Balaban J connectivity index is 2.29. The first kappa shape index (κ1) is 20.9. The van der Waals surface area contributed by atoms with Gasteiger partial charge in [-0.15, -0.1) is 0 Å². The largest absolute Gasteiger partial charge is 0.393 e. The summed E-state index contributed by atoms with van der Waals surface area (Å²) < 4.78 is 0. The molecule has 3 nitrogen and oxygen atoms in total. The highest BCUT2D eigenvalue weighted by Crippen LogP contribution is 2.29. The highest BCUT2D eigenvalue weighted by molar-refractivity contribution is 4.78. The zero-order valence-corrected chi connectivity index (χ0v) is 15.8. The van der Waals surface area contributed by atoms with Crippen LogP contribution in [0.4, 0.5) is 0 Å². The van der Waals surface area contributed by atoms with E-state index < -0.39 is 0 Å². The van der Waals surface area contributed by atoms with Crippen LogP contribution in [0.3, 0.4) is 0 Å². The maximum atomic E-state index is 10.5. The molecule has 3 heteroatoms. The summed E-state index contributed by atoms with van der Waals surface area (Å²) in [5, 5.41) is 24.2. The van der Waals surface area contributed by atoms with Crippen molar-refractivity contribution in [2.75, 3.05) is 13.1 Å². The minimum absolute atomic E-state index is 0.186. The van der Waals surface area contributed by atoms with Gasteiger partial charge in [0.05, 0.1) is 12.2 Å². The lowest BCUT2D eigenvalue weighted by atomic mass is 9.82. The highest BCUT2D eigenvalue weighted by atomic mass is 16.3. The molecule has 138 valence electrons. The third kappa shape index (κ3) is 9.07. The number of hydrogen-bond acceptors (Lipinski definition) is 3. The maximum Gasteiger partial charge on any atom is 0.0696 e. The van der Waals surface area contributed by atoms with Crippen LogP contribution in [0.5, 0.6) is 0 Å². The van der Waals surface area contributed by atoms with Crippen LogP contribution in [0.1, 0.15) is 85.0 Å². The van der Waals surface area contributed by atoms with Gasteiger partial charge < -0.3 is 15.5 Å². The molecule has 1 aliphatic carbocycles. The number of hydrogen-bond donors (Lipinski definition) is 3. The molecule has 3 N–H and O–H groups in total. The Labute approximate surface area is 144 Å². The van der Waals surface area contributed by atoms with Crippen LogP contribution in [0.15, 0.2) is 0 Å². The van der Waals surface area contributed by atoms with E-state index in [-0.39, 0.29) is 18.1 Å². The summed E-state index contributed by atoms with van der Waals surface area (Å²) >= 11 is 0. The molecule has 1 fully saturated rings. The number of unbranched alkanes of at least 4 members (excludes halogenated alkanes) is 1. The SMILES string of the molecule is CCCCNCC(O)C(CC(O)CCC1CCCCC1)C(C)C. The third-order valence-electron chi connectivity index (χ3n) is 5.59. The zero-order chi connectivity index (χ0) is 17.1. The van der Waals surface area contributed by atoms with Crippen LogP contribution in [0.2, 0.25) is 0 Å². The summed E-state index contributed by atoms with van der Waals surface area (Å²) in [6, 6.07) is 0. The van der Waals surface area contributed by atoms with Gasteiger partial charge in [-0.05, 0) is 50.0 Å². The average molecular weight is 328 g/mol. The molecule has 1 saturated carbocycles. The Bertz CT molecular complexity index is 277. The van der Waals surface area contributed by atoms with Crippen molar-refractivity contribution in [3.05, 3.63) is 0 Å². The van der Waals surface area contributed by atoms with Crippen LogP contribution in [0, 0.1) is 17.8 Å². The van der Waals surface area contributed by atoms with E-state index in [0.717, 1.165) is 38.1 Å². The fourth-order valence-electron chi connectivity index (χ4n) is 3.91. The maximum absolute atomic E-state index is 10.5. The van der Waals surface area contributed by atoms with Gasteiger partial charge in [-0.1, -0.05) is 59.3 Å². The van der Waals surface area contributed by atoms with E-state index in [1.54, 1.807) is 0 Å². The lowest BCUT2D eigenvalue weighted by Crippen LogP contribution is -2.37. The van der Waals surface area contributed by atoms with Crippen LogP contribution in [0.25, 0.3) is 0 Å². The zero-order valence-electron chi connectivity index (χ0n) is 15.8. The molecular formula is C20H41NO2. The summed E-state index contributed by atoms with van der Waals surface area (Å²) in [4.78, 5) is 0. The molecule has 3 unspecified atom stereocenters. The molecule has 0 spiro atoms. The van der Waals surface area contributed by atoms with Gasteiger partial charge in [-0.3, -0.25) is 0 Å². The number of rotatable bonds is 12. The standard InChI is InChI=1S/C20H41NO2/c1-4-5-13-21-15-20(23)19(16(2)3)14-18(22)12-11-17-9-7-6-8-10-17/h16-23H,4-15H2,1-3H3. The molecule has 1 rings (SSSR count). The molecule has 0 heterocycles. The van der Waals surface area contributed by atoms with Crippen LogP contribution < -0.4 is 5.32 Å². The number of aliphatic hydroxyl groups is 2. The summed E-state index contributed by atoms with van der Waals surface area (Å²) in [5.74, 6) is 1.42. The second kappa shape index (κ2) is 12.3.